The maximum Gasteiger partial charge on any atom is 0.246 e. The molecule has 2 aromatic rings. The van der Waals surface area contributed by atoms with Gasteiger partial charge in [0, 0.05) is 6.42 Å². The molecule has 1 heterocycles. The van der Waals surface area contributed by atoms with Gasteiger partial charge in [0.2, 0.25) is 5.91 Å². The number of hydrogen-bond acceptors (Lipinski definition) is 2. The zero-order chi connectivity index (χ0) is 16.1. The van der Waals surface area contributed by atoms with Crippen LogP contribution in [0, 0.1) is 5.92 Å². The van der Waals surface area contributed by atoms with Crippen LogP contribution in [0.15, 0.2) is 60.7 Å². The Hall–Kier alpha value is -2.13. The summed E-state index contributed by atoms with van der Waals surface area (Å²) in [4.78, 5) is 12.1. The first-order valence-electron chi connectivity index (χ1n) is 8.34. The van der Waals surface area contributed by atoms with Crippen LogP contribution in [0.4, 0.5) is 0 Å². The molecule has 0 saturated carbocycles. The molecule has 1 fully saturated rings. The third-order valence-electron chi connectivity index (χ3n) is 4.68. The normalized spacial score (nSPS) is 21.4. The first kappa shape index (κ1) is 15.8. The maximum atomic E-state index is 12.1. The summed E-state index contributed by atoms with van der Waals surface area (Å²) in [6.07, 6.45) is 4.44. The highest BCUT2D eigenvalue weighted by Crippen LogP contribution is 2.35. The van der Waals surface area contributed by atoms with Crippen molar-refractivity contribution in [2.75, 3.05) is 0 Å². The molecule has 23 heavy (non-hydrogen) atoms. The lowest BCUT2D eigenvalue weighted by Crippen LogP contribution is -2.39. The zero-order valence-corrected chi connectivity index (χ0v) is 13.3. The molecule has 2 atom stereocenters. The van der Waals surface area contributed by atoms with Gasteiger partial charge in [0.25, 0.3) is 0 Å². The van der Waals surface area contributed by atoms with Gasteiger partial charge in [-0.15, -0.1) is 0 Å². The molecule has 0 bridgehead atoms. The minimum atomic E-state index is -0.209. The van der Waals surface area contributed by atoms with Gasteiger partial charge in [-0.25, -0.2) is 5.06 Å². The maximum absolute atomic E-state index is 12.1. The number of hydrogen-bond donors (Lipinski definition) is 1. The molecule has 0 unspecified atom stereocenters. The number of rotatable bonds is 5. The molecule has 1 aliphatic heterocycles. The second kappa shape index (κ2) is 7.42. The van der Waals surface area contributed by atoms with Crippen LogP contribution in [0.25, 0.3) is 0 Å². The molecule has 1 amide bonds. The van der Waals surface area contributed by atoms with Gasteiger partial charge >= 0.3 is 0 Å². The lowest BCUT2D eigenvalue weighted by molar-refractivity contribution is -0.187. The van der Waals surface area contributed by atoms with E-state index in [-0.39, 0.29) is 11.9 Å². The van der Waals surface area contributed by atoms with E-state index in [0.717, 1.165) is 36.3 Å². The molecule has 2 aromatic carbocycles. The molecule has 0 aliphatic carbocycles. The van der Waals surface area contributed by atoms with Crippen LogP contribution in [-0.4, -0.2) is 16.2 Å². The highest BCUT2D eigenvalue weighted by atomic mass is 16.5. The highest BCUT2D eigenvalue weighted by Gasteiger charge is 2.33. The van der Waals surface area contributed by atoms with E-state index < -0.39 is 0 Å². The molecule has 3 heteroatoms. The summed E-state index contributed by atoms with van der Waals surface area (Å²) in [6.45, 7) is 0. The summed E-state index contributed by atoms with van der Waals surface area (Å²) in [5.41, 5.74) is 2.36. The fraction of sp³-hybridized carbons (Fsp3) is 0.350. The van der Waals surface area contributed by atoms with E-state index in [1.54, 1.807) is 0 Å². The standard InChI is InChI=1S/C20H23NO2/c22-20-15-17(11-7-10-16-8-3-1-4-9-16)14-19(21(20)23)18-12-5-2-6-13-18/h1-6,8-9,12-13,17,19,23H,7,10-11,14-15H2/t17-,19-/m1/s1. The molecule has 1 aliphatic rings. The van der Waals surface area contributed by atoms with Crippen molar-refractivity contribution in [2.45, 2.75) is 38.1 Å². The van der Waals surface area contributed by atoms with Crippen molar-refractivity contribution in [1.29, 1.82) is 0 Å². The van der Waals surface area contributed by atoms with Crippen molar-refractivity contribution in [3.63, 3.8) is 0 Å². The molecule has 3 nitrogen and oxygen atoms in total. The van der Waals surface area contributed by atoms with E-state index in [9.17, 15) is 10.0 Å². The Balaban J connectivity index is 1.59. The second-order valence-electron chi connectivity index (χ2n) is 6.35. The fourth-order valence-electron chi connectivity index (χ4n) is 3.43. The van der Waals surface area contributed by atoms with E-state index in [0.29, 0.717) is 12.3 Å². The third kappa shape index (κ3) is 3.99. The van der Waals surface area contributed by atoms with Crippen molar-refractivity contribution >= 4 is 5.91 Å². The largest absolute Gasteiger partial charge is 0.285 e. The Kier molecular flexibility index (Phi) is 5.09. The number of aryl methyl sites for hydroxylation is 1. The lowest BCUT2D eigenvalue weighted by atomic mass is 9.84. The average Bonchev–Trinajstić information content (AvgIpc) is 2.59. The van der Waals surface area contributed by atoms with Crippen LogP contribution in [-0.2, 0) is 11.2 Å². The molecular weight excluding hydrogens is 286 g/mol. The second-order valence-corrected chi connectivity index (χ2v) is 6.35. The molecule has 1 N–H and O–H groups in total. The van der Waals surface area contributed by atoms with Crippen LogP contribution in [0.3, 0.4) is 0 Å². The van der Waals surface area contributed by atoms with Gasteiger partial charge in [0.05, 0.1) is 6.04 Å². The van der Waals surface area contributed by atoms with Gasteiger partial charge in [-0.05, 0) is 42.7 Å². The molecule has 120 valence electrons. The third-order valence-corrected chi connectivity index (χ3v) is 4.68. The summed E-state index contributed by atoms with van der Waals surface area (Å²) in [6, 6.07) is 20.1. The Morgan fingerprint density at radius 2 is 1.65 bits per heavy atom. The molecule has 1 saturated heterocycles. The highest BCUT2D eigenvalue weighted by molar-refractivity contribution is 5.76. The van der Waals surface area contributed by atoms with Gasteiger partial charge in [-0.1, -0.05) is 60.7 Å². The van der Waals surface area contributed by atoms with Crippen LogP contribution in [0.1, 0.15) is 42.9 Å². The van der Waals surface area contributed by atoms with E-state index in [2.05, 4.69) is 24.3 Å². The van der Waals surface area contributed by atoms with Gasteiger partial charge in [-0.2, -0.15) is 0 Å². The predicted molar refractivity (Wildman–Crippen MR) is 89.9 cm³/mol. The predicted octanol–water partition coefficient (Wildman–Crippen LogP) is 4.38. The zero-order valence-electron chi connectivity index (χ0n) is 13.3. The first-order valence-corrected chi connectivity index (χ1v) is 8.34. The minimum Gasteiger partial charge on any atom is -0.285 e. The summed E-state index contributed by atoms with van der Waals surface area (Å²) in [5, 5.41) is 11.0. The minimum absolute atomic E-state index is 0.158. The van der Waals surface area contributed by atoms with E-state index >= 15 is 0 Å². The van der Waals surface area contributed by atoms with Gasteiger partial charge < -0.3 is 0 Å². The van der Waals surface area contributed by atoms with Crippen molar-refractivity contribution < 1.29 is 10.0 Å². The Morgan fingerprint density at radius 1 is 1.00 bits per heavy atom. The smallest absolute Gasteiger partial charge is 0.246 e. The lowest BCUT2D eigenvalue weighted by Gasteiger charge is -2.35. The van der Waals surface area contributed by atoms with Crippen LogP contribution < -0.4 is 0 Å². The first-order chi connectivity index (χ1) is 11.2. The van der Waals surface area contributed by atoms with Crippen molar-refractivity contribution in [1.82, 2.24) is 5.06 Å². The average molecular weight is 309 g/mol. The Labute approximate surface area is 137 Å². The molecule has 0 radical (unpaired) electrons. The monoisotopic (exact) mass is 309 g/mol. The molecule has 0 aromatic heterocycles. The Bertz CT molecular complexity index is 627. The van der Waals surface area contributed by atoms with Crippen molar-refractivity contribution in [3.8, 4) is 0 Å². The summed E-state index contributed by atoms with van der Waals surface area (Å²) in [7, 11) is 0. The number of piperidine rings is 1. The molecule has 0 spiro atoms. The van der Waals surface area contributed by atoms with Crippen molar-refractivity contribution in [3.05, 3.63) is 71.8 Å². The quantitative estimate of drug-likeness (QED) is 0.833. The number of carbonyl (C=O) groups excluding carboxylic acids is 1. The molecule has 3 rings (SSSR count). The van der Waals surface area contributed by atoms with E-state index in [4.69, 9.17) is 0 Å². The van der Waals surface area contributed by atoms with E-state index in [1.165, 1.54) is 5.56 Å². The molecular formula is C20H23NO2. The summed E-state index contributed by atoms with van der Waals surface area (Å²) >= 11 is 0. The topological polar surface area (TPSA) is 40.5 Å². The summed E-state index contributed by atoms with van der Waals surface area (Å²) in [5.74, 6) is 0.189. The summed E-state index contributed by atoms with van der Waals surface area (Å²) < 4.78 is 0. The van der Waals surface area contributed by atoms with Crippen LogP contribution >= 0.6 is 0 Å². The number of benzene rings is 2. The van der Waals surface area contributed by atoms with Crippen molar-refractivity contribution in [2.24, 2.45) is 5.92 Å². The van der Waals surface area contributed by atoms with E-state index in [1.807, 2.05) is 36.4 Å². The van der Waals surface area contributed by atoms with Gasteiger partial charge in [0.1, 0.15) is 0 Å². The Morgan fingerprint density at radius 3 is 2.35 bits per heavy atom. The number of amides is 1. The van der Waals surface area contributed by atoms with Crippen LogP contribution in [0.2, 0.25) is 0 Å². The fourth-order valence-corrected chi connectivity index (χ4v) is 3.43. The number of hydroxylamine groups is 2. The SMILES string of the molecule is O=C1C[C@H](CCCc2ccccc2)C[C@H](c2ccccc2)N1O. The van der Waals surface area contributed by atoms with Crippen LogP contribution in [0.5, 0.6) is 0 Å². The number of nitrogens with zero attached hydrogens (tertiary/aromatic N) is 1. The number of carbonyl (C=O) groups is 1. The van der Waals surface area contributed by atoms with Gasteiger partial charge in [-0.3, -0.25) is 10.0 Å². The van der Waals surface area contributed by atoms with Gasteiger partial charge in [0.15, 0.2) is 0 Å².